The molecule has 0 amide bonds. The Balaban J connectivity index is 1.76. The molecule has 136 valence electrons. The number of thioether (sulfide) groups is 1. The zero-order valence-corrected chi connectivity index (χ0v) is 16.8. The molecule has 0 atom stereocenters. The fraction of sp³-hybridized carbons (Fsp3) is 0.667. The largest absolute Gasteiger partial charge is 0.385 e. The molecule has 1 aliphatic rings. The van der Waals surface area contributed by atoms with Crippen molar-refractivity contribution in [1.29, 1.82) is 0 Å². The molecule has 0 aromatic heterocycles. The molecule has 1 aliphatic carbocycles. The normalized spacial score (nSPS) is 22.3. The highest BCUT2D eigenvalue weighted by Crippen LogP contribution is 2.27. The van der Waals surface area contributed by atoms with Crippen molar-refractivity contribution in [2.75, 3.05) is 18.1 Å². The minimum atomic E-state index is -3.24. The SMILES string of the molecule is CSc1ccc(NCC2CCC(NS(=O)(=O)C(C)(C)C)CC2)cc1. The van der Waals surface area contributed by atoms with Gasteiger partial charge in [0.05, 0.1) is 4.75 Å². The number of anilines is 1. The van der Waals surface area contributed by atoms with Crippen molar-refractivity contribution in [3.8, 4) is 0 Å². The van der Waals surface area contributed by atoms with Gasteiger partial charge in [-0.15, -0.1) is 11.8 Å². The zero-order chi connectivity index (χ0) is 17.8. The van der Waals surface area contributed by atoms with Crippen LogP contribution in [-0.2, 0) is 10.0 Å². The first kappa shape index (κ1) is 19.6. The van der Waals surface area contributed by atoms with Crippen LogP contribution < -0.4 is 10.0 Å². The van der Waals surface area contributed by atoms with E-state index in [2.05, 4.69) is 40.6 Å². The van der Waals surface area contributed by atoms with Crippen LogP contribution in [0.15, 0.2) is 29.2 Å². The molecule has 4 nitrogen and oxygen atoms in total. The van der Waals surface area contributed by atoms with E-state index in [-0.39, 0.29) is 6.04 Å². The Morgan fingerprint density at radius 1 is 1.08 bits per heavy atom. The summed E-state index contributed by atoms with van der Waals surface area (Å²) in [5, 5.41) is 3.51. The lowest BCUT2D eigenvalue weighted by atomic mass is 9.86. The molecule has 2 rings (SSSR count). The van der Waals surface area contributed by atoms with Crippen molar-refractivity contribution in [3.05, 3.63) is 24.3 Å². The number of sulfonamides is 1. The van der Waals surface area contributed by atoms with Gasteiger partial charge in [0.1, 0.15) is 0 Å². The first-order chi connectivity index (χ1) is 11.2. The molecule has 0 heterocycles. The highest BCUT2D eigenvalue weighted by atomic mass is 32.2. The topological polar surface area (TPSA) is 58.2 Å². The fourth-order valence-electron chi connectivity index (χ4n) is 2.85. The number of rotatable bonds is 6. The first-order valence-corrected chi connectivity index (χ1v) is 11.3. The lowest BCUT2D eigenvalue weighted by molar-refractivity contribution is 0.322. The van der Waals surface area contributed by atoms with Crippen molar-refractivity contribution in [2.24, 2.45) is 5.92 Å². The van der Waals surface area contributed by atoms with Crippen molar-refractivity contribution in [2.45, 2.75) is 62.1 Å². The van der Waals surface area contributed by atoms with E-state index in [1.165, 1.54) is 4.90 Å². The van der Waals surface area contributed by atoms with E-state index in [0.29, 0.717) is 5.92 Å². The molecule has 1 aromatic carbocycles. The average Bonchev–Trinajstić information content (AvgIpc) is 2.53. The summed E-state index contributed by atoms with van der Waals surface area (Å²) in [5.74, 6) is 0.612. The van der Waals surface area contributed by atoms with Gasteiger partial charge in [-0.1, -0.05) is 0 Å². The third-order valence-electron chi connectivity index (χ3n) is 4.66. The second kappa shape index (κ2) is 8.11. The summed E-state index contributed by atoms with van der Waals surface area (Å²) in [4.78, 5) is 1.27. The minimum absolute atomic E-state index is 0.0892. The third-order valence-corrected chi connectivity index (χ3v) is 7.66. The van der Waals surface area contributed by atoms with Crippen LogP contribution in [0.2, 0.25) is 0 Å². The molecule has 24 heavy (non-hydrogen) atoms. The highest BCUT2D eigenvalue weighted by Gasteiger charge is 2.32. The van der Waals surface area contributed by atoms with Gasteiger partial charge in [0.25, 0.3) is 0 Å². The van der Waals surface area contributed by atoms with Crippen molar-refractivity contribution < 1.29 is 8.42 Å². The van der Waals surface area contributed by atoms with Crippen LogP contribution in [0.3, 0.4) is 0 Å². The first-order valence-electron chi connectivity index (χ1n) is 8.61. The summed E-state index contributed by atoms with van der Waals surface area (Å²) in [6.45, 7) is 6.19. The standard InChI is InChI=1S/C18H30N2O2S2/c1-18(2,3)24(21,22)20-16-7-5-14(6-8-16)13-19-15-9-11-17(23-4)12-10-15/h9-12,14,16,19-20H,5-8,13H2,1-4H3. The summed E-state index contributed by atoms with van der Waals surface area (Å²) >= 11 is 1.75. The molecule has 2 N–H and O–H groups in total. The Morgan fingerprint density at radius 3 is 2.17 bits per heavy atom. The summed E-state index contributed by atoms with van der Waals surface area (Å²) in [6.07, 6.45) is 6.05. The second-order valence-corrected chi connectivity index (χ2v) is 10.9. The van der Waals surface area contributed by atoms with E-state index < -0.39 is 14.8 Å². The monoisotopic (exact) mass is 370 g/mol. The summed E-state index contributed by atoms with van der Waals surface area (Å²) < 4.78 is 26.6. The second-order valence-electron chi connectivity index (χ2n) is 7.56. The van der Waals surface area contributed by atoms with E-state index >= 15 is 0 Å². The van der Waals surface area contributed by atoms with Gasteiger partial charge in [0.2, 0.25) is 10.0 Å². The summed E-state index contributed by atoms with van der Waals surface area (Å²) in [5.41, 5.74) is 1.16. The number of benzene rings is 1. The molecule has 0 bridgehead atoms. The molecule has 0 spiro atoms. The lowest BCUT2D eigenvalue weighted by Crippen LogP contribution is -2.46. The Morgan fingerprint density at radius 2 is 1.67 bits per heavy atom. The van der Waals surface area contributed by atoms with Gasteiger partial charge in [0.15, 0.2) is 0 Å². The van der Waals surface area contributed by atoms with Gasteiger partial charge in [-0.2, -0.15) is 0 Å². The maximum atomic E-state index is 12.2. The van der Waals surface area contributed by atoms with E-state index in [1.807, 2.05) is 0 Å². The number of hydrogen-bond donors (Lipinski definition) is 2. The lowest BCUT2D eigenvalue weighted by Gasteiger charge is -2.31. The van der Waals surface area contributed by atoms with Gasteiger partial charge in [-0.3, -0.25) is 0 Å². The molecule has 0 radical (unpaired) electrons. The quantitative estimate of drug-likeness (QED) is 0.740. The van der Waals surface area contributed by atoms with Crippen LogP contribution in [0.25, 0.3) is 0 Å². The van der Waals surface area contributed by atoms with Crippen molar-refractivity contribution in [3.63, 3.8) is 0 Å². The van der Waals surface area contributed by atoms with E-state index in [4.69, 9.17) is 0 Å². The van der Waals surface area contributed by atoms with Crippen molar-refractivity contribution in [1.82, 2.24) is 4.72 Å². The van der Waals surface area contributed by atoms with Gasteiger partial charge in [0, 0.05) is 23.2 Å². The molecular weight excluding hydrogens is 340 g/mol. The Labute approximate surface area is 151 Å². The molecule has 0 aliphatic heterocycles. The summed E-state index contributed by atoms with van der Waals surface area (Å²) in [6, 6.07) is 8.59. The Hall–Kier alpha value is -0.720. The van der Waals surface area contributed by atoms with Crippen LogP contribution in [-0.4, -0.2) is 32.0 Å². The van der Waals surface area contributed by atoms with Gasteiger partial charge < -0.3 is 5.32 Å². The van der Waals surface area contributed by atoms with Crippen molar-refractivity contribution >= 4 is 27.5 Å². The molecule has 0 saturated heterocycles. The predicted molar refractivity (Wildman–Crippen MR) is 104 cm³/mol. The van der Waals surface area contributed by atoms with Crippen LogP contribution in [0, 0.1) is 5.92 Å². The number of hydrogen-bond acceptors (Lipinski definition) is 4. The summed E-state index contributed by atoms with van der Waals surface area (Å²) in [7, 11) is -3.24. The van der Waals surface area contributed by atoms with E-state index in [1.54, 1.807) is 32.5 Å². The van der Waals surface area contributed by atoms with E-state index in [9.17, 15) is 8.42 Å². The van der Waals surface area contributed by atoms with Gasteiger partial charge >= 0.3 is 0 Å². The minimum Gasteiger partial charge on any atom is -0.385 e. The van der Waals surface area contributed by atoms with Crippen LogP contribution in [0.4, 0.5) is 5.69 Å². The maximum Gasteiger partial charge on any atom is 0.216 e. The highest BCUT2D eigenvalue weighted by molar-refractivity contribution is 7.98. The Bertz CT molecular complexity index is 613. The van der Waals surface area contributed by atoms with Gasteiger partial charge in [-0.25, -0.2) is 13.1 Å². The molecule has 1 fully saturated rings. The molecule has 6 heteroatoms. The third kappa shape index (κ3) is 5.39. The zero-order valence-electron chi connectivity index (χ0n) is 15.1. The smallest absolute Gasteiger partial charge is 0.216 e. The Kier molecular flexibility index (Phi) is 6.62. The maximum absolute atomic E-state index is 12.2. The molecule has 0 unspecified atom stereocenters. The van der Waals surface area contributed by atoms with Crippen LogP contribution in [0.5, 0.6) is 0 Å². The number of nitrogens with one attached hydrogen (secondary N) is 2. The van der Waals surface area contributed by atoms with Crippen LogP contribution >= 0.6 is 11.8 Å². The van der Waals surface area contributed by atoms with E-state index in [0.717, 1.165) is 37.9 Å². The van der Waals surface area contributed by atoms with Gasteiger partial charge in [-0.05, 0) is 82.9 Å². The molecule has 1 saturated carbocycles. The predicted octanol–water partition coefficient (Wildman–Crippen LogP) is 4.10. The molecular formula is C18H30N2O2S2. The fourth-order valence-corrected chi connectivity index (χ4v) is 4.29. The average molecular weight is 371 g/mol. The molecule has 1 aromatic rings. The van der Waals surface area contributed by atoms with Crippen LogP contribution in [0.1, 0.15) is 46.5 Å².